The Morgan fingerprint density at radius 3 is 2.05 bits per heavy atom. The van der Waals surface area contributed by atoms with Crippen LogP contribution in [0.2, 0.25) is 19.6 Å². The first-order chi connectivity index (χ1) is 9.24. The predicted octanol–water partition coefficient (Wildman–Crippen LogP) is 2.71. The molecule has 1 aliphatic carbocycles. The van der Waals surface area contributed by atoms with E-state index in [0.29, 0.717) is 12.8 Å². The number of aliphatic carboxylic acids is 1. The Morgan fingerprint density at radius 2 is 1.65 bits per heavy atom. The molecule has 0 saturated heterocycles. The minimum atomic E-state index is -1.38. The minimum Gasteiger partial charge on any atom is -0.481 e. The van der Waals surface area contributed by atoms with Gasteiger partial charge in [-0.25, -0.2) is 0 Å². The van der Waals surface area contributed by atoms with Crippen LogP contribution in [0.5, 0.6) is 0 Å². The minimum absolute atomic E-state index is 0.583. The van der Waals surface area contributed by atoms with E-state index >= 15 is 0 Å². The normalized spacial score (nSPS) is 19.8. The molecule has 3 nitrogen and oxygen atoms in total. The molecule has 1 saturated carbocycles. The molecule has 1 fully saturated rings. The van der Waals surface area contributed by atoms with E-state index in [1.165, 1.54) is 5.19 Å². The number of hydrogen-bond donors (Lipinski definition) is 2. The lowest BCUT2D eigenvalue weighted by molar-refractivity contribution is -0.145. The third-order valence-corrected chi connectivity index (χ3v) is 6.43. The Bertz CT molecular complexity index is 481. The summed E-state index contributed by atoms with van der Waals surface area (Å²) in [5.41, 5.74) is -0.351. The first kappa shape index (κ1) is 15.3. The highest BCUT2D eigenvalue weighted by atomic mass is 28.3. The Labute approximate surface area is 121 Å². The lowest BCUT2D eigenvalue weighted by atomic mass is 9.81. The molecule has 1 aliphatic rings. The zero-order valence-electron chi connectivity index (χ0n) is 12.5. The molecule has 0 radical (unpaired) electrons. The van der Waals surface area contributed by atoms with Crippen LogP contribution in [0.25, 0.3) is 0 Å². The topological polar surface area (TPSA) is 57.5 Å². The molecule has 0 amide bonds. The van der Waals surface area contributed by atoms with Crippen molar-refractivity contribution in [1.29, 1.82) is 0 Å². The van der Waals surface area contributed by atoms with Gasteiger partial charge in [-0.2, -0.15) is 0 Å². The van der Waals surface area contributed by atoms with Gasteiger partial charge in [-0.15, -0.1) is 0 Å². The molecule has 110 valence electrons. The summed E-state index contributed by atoms with van der Waals surface area (Å²) in [4.78, 5) is 11.6. The van der Waals surface area contributed by atoms with Crippen molar-refractivity contribution in [3.8, 4) is 0 Å². The third kappa shape index (κ3) is 2.96. The predicted molar refractivity (Wildman–Crippen MR) is 83.2 cm³/mol. The molecule has 2 N–H and O–H groups in total. The standard InChI is InChI=1S/C16H24O3Si/c1-20(2,3)13-8-6-12(7-9-13)14(15(17)18)16(19)10-4-5-11-16/h6-9,14,19H,4-5,10-11H2,1-3H3,(H,17,18)/t14-/m0/s1. The summed E-state index contributed by atoms with van der Waals surface area (Å²) in [6, 6.07) is 7.86. The van der Waals surface area contributed by atoms with Gasteiger partial charge in [0, 0.05) is 0 Å². The maximum Gasteiger partial charge on any atom is 0.313 e. The first-order valence-electron chi connectivity index (χ1n) is 7.30. The van der Waals surface area contributed by atoms with Crippen molar-refractivity contribution in [1.82, 2.24) is 0 Å². The van der Waals surface area contributed by atoms with Crippen LogP contribution in [0.3, 0.4) is 0 Å². The molecule has 0 unspecified atom stereocenters. The van der Waals surface area contributed by atoms with Crippen molar-refractivity contribution >= 4 is 19.2 Å². The molecule has 0 bridgehead atoms. The molecular formula is C16H24O3Si. The van der Waals surface area contributed by atoms with Crippen molar-refractivity contribution < 1.29 is 15.0 Å². The summed E-state index contributed by atoms with van der Waals surface area (Å²) in [7, 11) is -1.38. The smallest absolute Gasteiger partial charge is 0.313 e. The molecule has 0 spiro atoms. The summed E-state index contributed by atoms with van der Waals surface area (Å²) in [6.45, 7) is 6.80. The van der Waals surface area contributed by atoms with Crippen molar-refractivity contribution in [3.05, 3.63) is 29.8 Å². The fraction of sp³-hybridized carbons (Fsp3) is 0.562. The van der Waals surface area contributed by atoms with Crippen molar-refractivity contribution in [3.63, 3.8) is 0 Å². The van der Waals surface area contributed by atoms with Crippen LogP contribution in [0.15, 0.2) is 24.3 Å². The number of benzene rings is 1. The third-order valence-electron chi connectivity index (χ3n) is 4.36. The lowest BCUT2D eigenvalue weighted by Crippen LogP contribution is -2.39. The van der Waals surface area contributed by atoms with E-state index in [9.17, 15) is 15.0 Å². The van der Waals surface area contributed by atoms with Crippen LogP contribution in [-0.4, -0.2) is 29.9 Å². The van der Waals surface area contributed by atoms with Gasteiger partial charge >= 0.3 is 5.97 Å². The largest absolute Gasteiger partial charge is 0.481 e. The molecule has 1 aromatic rings. The van der Waals surface area contributed by atoms with Crippen LogP contribution in [-0.2, 0) is 4.79 Å². The van der Waals surface area contributed by atoms with E-state index in [1.54, 1.807) is 0 Å². The van der Waals surface area contributed by atoms with E-state index in [0.717, 1.165) is 18.4 Å². The van der Waals surface area contributed by atoms with E-state index < -0.39 is 25.6 Å². The first-order valence-corrected chi connectivity index (χ1v) is 10.8. The molecule has 2 rings (SSSR count). The number of carbonyl (C=O) groups is 1. The lowest BCUT2D eigenvalue weighted by Gasteiger charge is -2.30. The van der Waals surface area contributed by atoms with Crippen molar-refractivity contribution in [2.24, 2.45) is 0 Å². The Balaban J connectivity index is 2.33. The highest BCUT2D eigenvalue weighted by molar-refractivity contribution is 6.88. The highest BCUT2D eigenvalue weighted by Gasteiger charge is 2.44. The van der Waals surface area contributed by atoms with E-state index in [1.807, 2.05) is 24.3 Å². The second-order valence-electron chi connectivity index (χ2n) is 6.95. The van der Waals surface area contributed by atoms with Crippen LogP contribution in [0, 0.1) is 0 Å². The average molecular weight is 292 g/mol. The van der Waals surface area contributed by atoms with E-state index in [2.05, 4.69) is 19.6 Å². The molecular weight excluding hydrogens is 268 g/mol. The summed E-state index contributed by atoms with van der Waals surface area (Å²) in [5.74, 6) is -1.73. The van der Waals surface area contributed by atoms with Gasteiger partial charge in [0.15, 0.2) is 0 Å². The Hall–Kier alpha value is -1.13. The monoisotopic (exact) mass is 292 g/mol. The van der Waals surface area contributed by atoms with Gasteiger partial charge in [0.1, 0.15) is 5.92 Å². The zero-order valence-corrected chi connectivity index (χ0v) is 13.5. The fourth-order valence-electron chi connectivity index (χ4n) is 3.13. The van der Waals surface area contributed by atoms with Gasteiger partial charge in [-0.05, 0) is 18.4 Å². The van der Waals surface area contributed by atoms with Crippen molar-refractivity contribution in [2.75, 3.05) is 0 Å². The number of aliphatic hydroxyl groups is 1. The SMILES string of the molecule is C[Si](C)(C)c1ccc([C@@H](C(=O)O)C2(O)CCCC2)cc1. The second-order valence-corrected chi connectivity index (χ2v) is 12.0. The van der Waals surface area contributed by atoms with Gasteiger partial charge < -0.3 is 10.2 Å². The summed E-state index contributed by atoms with van der Waals surface area (Å²) in [6.07, 6.45) is 2.99. The van der Waals surface area contributed by atoms with Crippen LogP contribution in [0.1, 0.15) is 37.2 Å². The Morgan fingerprint density at radius 1 is 1.15 bits per heavy atom. The summed E-state index contributed by atoms with van der Waals surface area (Å²) < 4.78 is 0. The maximum absolute atomic E-state index is 11.6. The molecule has 0 aromatic heterocycles. The van der Waals surface area contributed by atoms with Crippen molar-refractivity contribution in [2.45, 2.75) is 56.8 Å². The number of rotatable bonds is 4. The molecule has 4 heteroatoms. The Kier molecular flexibility index (Phi) is 4.07. The average Bonchev–Trinajstić information content (AvgIpc) is 2.75. The number of hydrogen-bond acceptors (Lipinski definition) is 2. The highest BCUT2D eigenvalue weighted by Crippen LogP contribution is 2.41. The second kappa shape index (κ2) is 5.33. The fourth-order valence-corrected chi connectivity index (χ4v) is 4.30. The van der Waals surface area contributed by atoms with E-state index in [4.69, 9.17) is 0 Å². The van der Waals surface area contributed by atoms with E-state index in [-0.39, 0.29) is 0 Å². The zero-order chi connectivity index (χ0) is 15.0. The molecule has 20 heavy (non-hydrogen) atoms. The molecule has 1 aromatic carbocycles. The number of carboxylic acids is 1. The van der Waals surface area contributed by atoms with Crippen LogP contribution < -0.4 is 5.19 Å². The molecule has 1 atom stereocenters. The van der Waals surface area contributed by atoms with Gasteiger partial charge in [0.05, 0.1) is 13.7 Å². The van der Waals surface area contributed by atoms with Gasteiger partial charge in [0.2, 0.25) is 0 Å². The van der Waals surface area contributed by atoms with Gasteiger partial charge in [-0.3, -0.25) is 4.79 Å². The number of carboxylic acid groups (broad SMARTS) is 1. The summed E-state index contributed by atoms with van der Waals surface area (Å²) >= 11 is 0. The quantitative estimate of drug-likeness (QED) is 0.839. The molecule has 0 heterocycles. The van der Waals surface area contributed by atoms with Crippen LogP contribution >= 0.6 is 0 Å². The molecule has 0 aliphatic heterocycles. The van der Waals surface area contributed by atoms with Gasteiger partial charge in [-0.1, -0.05) is 61.9 Å². The van der Waals surface area contributed by atoms with Crippen LogP contribution in [0.4, 0.5) is 0 Å². The van der Waals surface area contributed by atoms with Gasteiger partial charge in [0.25, 0.3) is 0 Å². The maximum atomic E-state index is 11.6. The summed E-state index contributed by atoms with van der Waals surface area (Å²) in [5, 5.41) is 21.5.